The Labute approximate surface area is 177 Å². The number of carbonyl (C=O) groups excluding carboxylic acids is 2. The van der Waals surface area contributed by atoms with Crippen LogP contribution in [0.2, 0.25) is 0 Å². The monoisotopic (exact) mass is 411 g/mol. The van der Waals surface area contributed by atoms with Gasteiger partial charge in [0.15, 0.2) is 6.61 Å². The molecule has 0 atom stereocenters. The first-order valence-corrected chi connectivity index (χ1v) is 10.1. The third kappa shape index (κ3) is 7.24. The number of nitrogens with zero attached hydrogens (tertiary/aromatic N) is 2. The fourth-order valence-electron chi connectivity index (χ4n) is 2.69. The first-order chi connectivity index (χ1) is 14.6. The molecule has 0 aliphatic carbocycles. The molecule has 1 N–H and O–H groups in total. The van der Waals surface area contributed by atoms with Gasteiger partial charge in [0.2, 0.25) is 0 Å². The summed E-state index contributed by atoms with van der Waals surface area (Å²) in [5, 5.41) is 3.96. The molecule has 0 aliphatic rings. The summed E-state index contributed by atoms with van der Waals surface area (Å²) in [6.45, 7) is 8.27. The summed E-state index contributed by atoms with van der Waals surface area (Å²) < 4.78 is 10.5. The van der Waals surface area contributed by atoms with Gasteiger partial charge >= 0.3 is 5.97 Å². The minimum Gasteiger partial charge on any atom is -0.484 e. The van der Waals surface area contributed by atoms with Crippen LogP contribution < -0.4 is 15.1 Å². The fourth-order valence-corrected chi connectivity index (χ4v) is 2.69. The van der Waals surface area contributed by atoms with Crippen LogP contribution in [0, 0.1) is 0 Å². The first kappa shape index (κ1) is 22.9. The highest BCUT2D eigenvalue weighted by molar-refractivity contribution is 5.89. The van der Waals surface area contributed by atoms with Crippen molar-refractivity contribution < 1.29 is 19.1 Å². The molecule has 7 nitrogen and oxygen atoms in total. The molecule has 0 aliphatic heterocycles. The van der Waals surface area contributed by atoms with E-state index < -0.39 is 0 Å². The van der Waals surface area contributed by atoms with Crippen molar-refractivity contribution in [2.24, 2.45) is 5.10 Å². The van der Waals surface area contributed by atoms with Crippen molar-refractivity contribution in [2.75, 3.05) is 31.2 Å². The van der Waals surface area contributed by atoms with Gasteiger partial charge in [-0.15, -0.1) is 0 Å². The largest absolute Gasteiger partial charge is 0.484 e. The smallest absolute Gasteiger partial charge is 0.338 e. The number of hydrogen-bond acceptors (Lipinski definition) is 6. The van der Waals surface area contributed by atoms with Crippen molar-refractivity contribution >= 4 is 23.8 Å². The van der Waals surface area contributed by atoms with Gasteiger partial charge in [-0.1, -0.05) is 19.1 Å². The molecule has 0 saturated heterocycles. The summed E-state index contributed by atoms with van der Waals surface area (Å²) in [4.78, 5) is 25.9. The van der Waals surface area contributed by atoms with Crippen LogP contribution in [0.15, 0.2) is 53.6 Å². The zero-order valence-corrected chi connectivity index (χ0v) is 17.8. The number of hydrogen-bond donors (Lipinski definition) is 1. The van der Waals surface area contributed by atoms with E-state index >= 15 is 0 Å². The van der Waals surface area contributed by atoms with E-state index in [4.69, 9.17) is 9.47 Å². The summed E-state index contributed by atoms with van der Waals surface area (Å²) in [7, 11) is 0. The summed E-state index contributed by atoms with van der Waals surface area (Å²) >= 11 is 0. The molecule has 160 valence electrons. The quantitative estimate of drug-likeness (QED) is 0.347. The Balaban J connectivity index is 1.77. The number of nitrogens with one attached hydrogen (secondary N) is 1. The van der Waals surface area contributed by atoms with Crippen LogP contribution in [0.1, 0.15) is 43.1 Å². The Morgan fingerprint density at radius 2 is 1.67 bits per heavy atom. The van der Waals surface area contributed by atoms with Crippen molar-refractivity contribution in [3.8, 4) is 5.75 Å². The number of amides is 1. The lowest BCUT2D eigenvalue weighted by Gasteiger charge is -2.20. The van der Waals surface area contributed by atoms with Gasteiger partial charge in [-0.2, -0.15) is 5.10 Å². The first-order valence-electron chi connectivity index (χ1n) is 10.1. The normalized spacial score (nSPS) is 10.6. The number of ether oxygens (including phenoxy) is 2. The van der Waals surface area contributed by atoms with Crippen LogP contribution >= 0.6 is 0 Å². The number of rotatable bonds is 11. The van der Waals surface area contributed by atoms with E-state index in [9.17, 15) is 9.59 Å². The van der Waals surface area contributed by atoms with Gasteiger partial charge in [-0.25, -0.2) is 10.2 Å². The van der Waals surface area contributed by atoms with E-state index in [1.54, 1.807) is 30.5 Å². The number of esters is 1. The van der Waals surface area contributed by atoms with Crippen LogP contribution in [0.4, 0.5) is 5.69 Å². The zero-order chi connectivity index (χ0) is 21.8. The summed E-state index contributed by atoms with van der Waals surface area (Å²) in [6.07, 6.45) is 2.35. The number of benzene rings is 2. The predicted octanol–water partition coefficient (Wildman–Crippen LogP) is 3.63. The summed E-state index contributed by atoms with van der Waals surface area (Å²) in [6, 6.07) is 14.4. The molecule has 0 radical (unpaired) electrons. The van der Waals surface area contributed by atoms with E-state index in [0.717, 1.165) is 30.8 Å². The molecular weight excluding hydrogens is 382 g/mol. The Kier molecular flexibility index (Phi) is 9.37. The molecule has 0 spiro atoms. The molecule has 0 bridgehead atoms. The molecule has 0 unspecified atom stereocenters. The lowest BCUT2D eigenvalue weighted by molar-refractivity contribution is -0.123. The van der Waals surface area contributed by atoms with Crippen LogP contribution in [0.3, 0.4) is 0 Å². The SMILES string of the molecule is CCCOC(=O)c1ccc(OCC(=O)NN=Cc2ccc(N(CC)CC)cc2)cc1. The summed E-state index contributed by atoms with van der Waals surface area (Å²) in [5.74, 6) is -0.272. The molecule has 0 saturated carbocycles. The molecule has 7 heteroatoms. The van der Waals surface area contributed by atoms with E-state index in [2.05, 4.69) is 29.3 Å². The van der Waals surface area contributed by atoms with Crippen LogP contribution in [-0.2, 0) is 9.53 Å². The third-order valence-electron chi connectivity index (χ3n) is 4.32. The third-order valence-corrected chi connectivity index (χ3v) is 4.32. The molecule has 0 aromatic heterocycles. The Morgan fingerprint density at radius 3 is 2.27 bits per heavy atom. The predicted molar refractivity (Wildman–Crippen MR) is 118 cm³/mol. The van der Waals surface area contributed by atoms with Crippen molar-refractivity contribution in [2.45, 2.75) is 27.2 Å². The van der Waals surface area contributed by atoms with Gasteiger partial charge in [0, 0.05) is 18.8 Å². The van der Waals surface area contributed by atoms with E-state index in [0.29, 0.717) is 17.9 Å². The number of carbonyl (C=O) groups is 2. The highest BCUT2D eigenvalue weighted by Crippen LogP contribution is 2.14. The minimum atomic E-state index is -0.377. The van der Waals surface area contributed by atoms with Crippen molar-refractivity contribution in [3.05, 3.63) is 59.7 Å². The fraction of sp³-hybridized carbons (Fsp3) is 0.348. The van der Waals surface area contributed by atoms with Crippen molar-refractivity contribution in [1.29, 1.82) is 0 Å². The Morgan fingerprint density at radius 1 is 1.00 bits per heavy atom. The molecule has 30 heavy (non-hydrogen) atoms. The summed E-state index contributed by atoms with van der Waals surface area (Å²) in [5.41, 5.74) is 4.92. The lowest BCUT2D eigenvalue weighted by atomic mass is 10.2. The van der Waals surface area contributed by atoms with Gasteiger partial charge in [-0.3, -0.25) is 4.79 Å². The highest BCUT2D eigenvalue weighted by Gasteiger charge is 2.07. The van der Waals surface area contributed by atoms with Crippen molar-refractivity contribution in [3.63, 3.8) is 0 Å². The maximum atomic E-state index is 11.9. The minimum absolute atomic E-state index is 0.183. The lowest BCUT2D eigenvalue weighted by Crippen LogP contribution is -2.24. The second-order valence-electron chi connectivity index (χ2n) is 6.51. The maximum Gasteiger partial charge on any atom is 0.338 e. The topological polar surface area (TPSA) is 80.2 Å². The van der Waals surface area contributed by atoms with Gasteiger partial charge in [-0.05, 0) is 62.2 Å². The van der Waals surface area contributed by atoms with Crippen LogP contribution in [-0.4, -0.2) is 44.4 Å². The second-order valence-corrected chi connectivity index (χ2v) is 6.51. The standard InChI is InChI=1S/C23H29N3O4/c1-4-15-29-23(28)19-9-13-21(14-10-19)30-17-22(27)25-24-16-18-7-11-20(12-8-18)26(5-2)6-3/h7-14,16H,4-6,15,17H2,1-3H3,(H,25,27). The maximum absolute atomic E-state index is 11.9. The molecule has 1 amide bonds. The molecule has 0 fully saturated rings. The van der Waals surface area contributed by atoms with E-state index in [1.165, 1.54) is 0 Å². The Hall–Kier alpha value is -3.35. The molecule has 2 aromatic carbocycles. The zero-order valence-electron chi connectivity index (χ0n) is 17.8. The number of hydrazone groups is 1. The highest BCUT2D eigenvalue weighted by atomic mass is 16.5. The Bertz CT molecular complexity index is 829. The van der Waals surface area contributed by atoms with Gasteiger partial charge in [0.25, 0.3) is 5.91 Å². The van der Waals surface area contributed by atoms with Gasteiger partial charge < -0.3 is 14.4 Å². The average molecular weight is 412 g/mol. The average Bonchev–Trinajstić information content (AvgIpc) is 2.78. The van der Waals surface area contributed by atoms with E-state index in [1.807, 2.05) is 31.2 Å². The number of anilines is 1. The van der Waals surface area contributed by atoms with Crippen LogP contribution in [0.25, 0.3) is 0 Å². The van der Waals surface area contributed by atoms with E-state index in [-0.39, 0.29) is 18.5 Å². The van der Waals surface area contributed by atoms with Gasteiger partial charge in [0.1, 0.15) is 5.75 Å². The molecule has 2 rings (SSSR count). The van der Waals surface area contributed by atoms with Crippen molar-refractivity contribution in [1.82, 2.24) is 5.43 Å². The molecule has 0 heterocycles. The van der Waals surface area contributed by atoms with Crippen LogP contribution in [0.5, 0.6) is 5.75 Å². The molecule has 2 aromatic rings. The molecular formula is C23H29N3O4. The van der Waals surface area contributed by atoms with Gasteiger partial charge in [0.05, 0.1) is 18.4 Å². The second kappa shape index (κ2) is 12.3.